The summed E-state index contributed by atoms with van der Waals surface area (Å²) >= 11 is 5.98. The fourth-order valence-electron chi connectivity index (χ4n) is 2.01. The number of nitrogens with two attached hydrogens (primary N) is 1. The molecule has 0 spiro atoms. The second-order valence-electron chi connectivity index (χ2n) is 5.70. The number of benzene rings is 1. The van der Waals surface area contributed by atoms with Crippen molar-refractivity contribution in [2.75, 3.05) is 6.54 Å². The van der Waals surface area contributed by atoms with Gasteiger partial charge in [0.15, 0.2) is 0 Å². The Kier molecular flexibility index (Phi) is 6.30. The first kappa shape index (κ1) is 16.8. The van der Waals surface area contributed by atoms with Crippen molar-refractivity contribution >= 4 is 17.4 Å². The zero-order valence-electron chi connectivity index (χ0n) is 12.4. The van der Waals surface area contributed by atoms with E-state index >= 15 is 0 Å². The zero-order valence-corrected chi connectivity index (χ0v) is 13.1. The van der Waals surface area contributed by atoms with Crippen molar-refractivity contribution in [1.82, 2.24) is 5.32 Å². The fraction of sp³-hybridized carbons (Fsp3) is 0.533. The molecule has 0 bridgehead atoms. The van der Waals surface area contributed by atoms with E-state index in [1.54, 1.807) is 0 Å². The molecule has 0 fully saturated rings. The quantitative estimate of drug-likeness (QED) is 0.237. The standard InChI is InChI=1S/C15H24ClN3O/c1-11(12-6-4-7-13(16)10-12)18-9-5-8-15(2,3)14(17)19-20/h4,6-7,10-11,18,20H,5,8-9H2,1-3H3,(H2,17,19). The number of halogens is 1. The van der Waals surface area contributed by atoms with E-state index in [0.29, 0.717) is 0 Å². The Morgan fingerprint density at radius 1 is 1.50 bits per heavy atom. The van der Waals surface area contributed by atoms with E-state index in [1.165, 1.54) is 5.56 Å². The van der Waals surface area contributed by atoms with Crippen LogP contribution < -0.4 is 11.1 Å². The molecule has 112 valence electrons. The summed E-state index contributed by atoms with van der Waals surface area (Å²) in [4.78, 5) is 0. The summed E-state index contributed by atoms with van der Waals surface area (Å²) < 4.78 is 0. The van der Waals surface area contributed by atoms with Gasteiger partial charge in [-0.1, -0.05) is 42.7 Å². The lowest BCUT2D eigenvalue weighted by atomic mass is 9.86. The van der Waals surface area contributed by atoms with Crippen LogP contribution in [-0.4, -0.2) is 17.6 Å². The van der Waals surface area contributed by atoms with Crippen LogP contribution >= 0.6 is 11.6 Å². The van der Waals surface area contributed by atoms with Crippen LogP contribution in [0.25, 0.3) is 0 Å². The molecule has 0 aliphatic heterocycles. The lowest BCUT2D eigenvalue weighted by Gasteiger charge is -2.23. The number of nitrogens with zero attached hydrogens (tertiary/aromatic N) is 1. The van der Waals surface area contributed by atoms with E-state index in [0.717, 1.165) is 24.4 Å². The van der Waals surface area contributed by atoms with Gasteiger partial charge in [0.1, 0.15) is 5.84 Å². The van der Waals surface area contributed by atoms with Gasteiger partial charge >= 0.3 is 0 Å². The van der Waals surface area contributed by atoms with Crippen molar-refractivity contribution < 1.29 is 5.21 Å². The molecule has 0 amide bonds. The number of rotatable bonds is 7. The number of amidine groups is 1. The second-order valence-corrected chi connectivity index (χ2v) is 6.14. The monoisotopic (exact) mass is 297 g/mol. The Bertz CT molecular complexity index is 460. The van der Waals surface area contributed by atoms with Crippen molar-refractivity contribution in [1.29, 1.82) is 0 Å². The molecule has 1 atom stereocenters. The summed E-state index contributed by atoms with van der Waals surface area (Å²) in [7, 11) is 0. The molecule has 0 aromatic heterocycles. The highest BCUT2D eigenvalue weighted by atomic mass is 35.5. The second kappa shape index (κ2) is 7.50. The van der Waals surface area contributed by atoms with Crippen LogP contribution in [0.5, 0.6) is 0 Å². The SMILES string of the molecule is CC(NCCCC(C)(C)C(N)=NO)c1cccc(Cl)c1. The maximum absolute atomic E-state index is 8.72. The van der Waals surface area contributed by atoms with Crippen LogP contribution in [0.2, 0.25) is 5.02 Å². The van der Waals surface area contributed by atoms with Gasteiger partial charge in [0, 0.05) is 16.5 Å². The third kappa shape index (κ3) is 5.02. The van der Waals surface area contributed by atoms with Crippen molar-refractivity contribution in [3.63, 3.8) is 0 Å². The molecule has 20 heavy (non-hydrogen) atoms. The highest BCUT2D eigenvalue weighted by Crippen LogP contribution is 2.22. The van der Waals surface area contributed by atoms with Gasteiger partial charge in [-0.25, -0.2) is 0 Å². The summed E-state index contributed by atoms with van der Waals surface area (Å²) in [5.41, 5.74) is 6.56. The molecule has 0 aliphatic rings. The van der Waals surface area contributed by atoms with E-state index in [2.05, 4.69) is 23.5 Å². The van der Waals surface area contributed by atoms with Gasteiger partial charge in [0.2, 0.25) is 0 Å². The number of hydrogen-bond donors (Lipinski definition) is 3. The van der Waals surface area contributed by atoms with E-state index in [-0.39, 0.29) is 17.3 Å². The highest BCUT2D eigenvalue weighted by molar-refractivity contribution is 6.30. The molecule has 0 aliphatic carbocycles. The van der Waals surface area contributed by atoms with Gasteiger partial charge < -0.3 is 16.3 Å². The summed E-state index contributed by atoms with van der Waals surface area (Å²) in [6.07, 6.45) is 1.81. The molecule has 1 aromatic carbocycles. The number of hydrogen-bond acceptors (Lipinski definition) is 3. The van der Waals surface area contributed by atoms with Crippen LogP contribution in [0.4, 0.5) is 0 Å². The zero-order chi connectivity index (χ0) is 15.2. The molecular formula is C15H24ClN3O. The molecule has 5 heteroatoms. The molecule has 4 nitrogen and oxygen atoms in total. The fourth-order valence-corrected chi connectivity index (χ4v) is 2.20. The Balaban J connectivity index is 2.38. The Hall–Kier alpha value is -1.26. The predicted molar refractivity (Wildman–Crippen MR) is 84.3 cm³/mol. The molecular weight excluding hydrogens is 274 g/mol. The molecule has 0 saturated carbocycles. The van der Waals surface area contributed by atoms with Gasteiger partial charge in [-0.15, -0.1) is 0 Å². The Morgan fingerprint density at radius 2 is 2.20 bits per heavy atom. The van der Waals surface area contributed by atoms with Crippen LogP contribution in [0.1, 0.15) is 45.2 Å². The molecule has 4 N–H and O–H groups in total. The topological polar surface area (TPSA) is 70.6 Å². The maximum Gasteiger partial charge on any atom is 0.144 e. The average molecular weight is 298 g/mol. The highest BCUT2D eigenvalue weighted by Gasteiger charge is 2.22. The van der Waals surface area contributed by atoms with Crippen molar-refractivity contribution in [2.45, 2.75) is 39.7 Å². The van der Waals surface area contributed by atoms with E-state index in [1.807, 2.05) is 32.0 Å². The van der Waals surface area contributed by atoms with Crippen molar-refractivity contribution in [3.8, 4) is 0 Å². The normalized spacial score (nSPS) is 14.3. The van der Waals surface area contributed by atoms with Gasteiger partial charge in [-0.3, -0.25) is 0 Å². The van der Waals surface area contributed by atoms with Crippen molar-refractivity contribution in [2.24, 2.45) is 16.3 Å². The lowest BCUT2D eigenvalue weighted by Crippen LogP contribution is -2.32. The lowest BCUT2D eigenvalue weighted by molar-refractivity contribution is 0.304. The summed E-state index contributed by atoms with van der Waals surface area (Å²) in [6.45, 7) is 6.93. The van der Waals surface area contributed by atoms with Crippen LogP contribution in [0.3, 0.4) is 0 Å². The Morgan fingerprint density at radius 3 is 2.80 bits per heavy atom. The summed E-state index contributed by atoms with van der Waals surface area (Å²) in [5.74, 6) is 0.278. The smallest absolute Gasteiger partial charge is 0.144 e. The predicted octanol–water partition coefficient (Wildman–Crippen LogP) is 3.54. The summed E-state index contributed by atoms with van der Waals surface area (Å²) in [6, 6.07) is 8.11. The Labute approximate surface area is 126 Å². The van der Waals surface area contributed by atoms with Gasteiger partial charge in [0.05, 0.1) is 0 Å². The summed E-state index contributed by atoms with van der Waals surface area (Å²) in [5, 5.41) is 16.0. The molecule has 0 radical (unpaired) electrons. The maximum atomic E-state index is 8.72. The third-order valence-corrected chi connectivity index (χ3v) is 3.81. The first-order valence-electron chi connectivity index (χ1n) is 6.83. The van der Waals surface area contributed by atoms with E-state index < -0.39 is 0 Å². The molecule has 0 saturated heterocycles. The number of oxime groups is 1. The van der Waals surface area contributed by atoms with Gasteiger partial charge in [-0.2, -0.15) is 0 Å². The molecule has 1 unspecified atom stereocenters. The van der Waals surface area contributed by atoms with Crippen LogP contribution in [0, 0.1) is 5.41 Å². The molecule has 0 heterocycles. The molecule has 1 rings (SSSR count). The van der Waals surface area contributed by atoms with E-state index in [4.69, 9.17) is 22.5 Å². The average Bonchev–Trinajstić information content (AvgIpc) is 2.42. The van der Waals surface area contributed by atoms with Crippen molar-refractivity contribution in [3.05, 3.63) is 34.9 Å². The first-order chi connectivity index (χ1) is 9.36. The third-order valence-electron chi connectivity index (χ3n) is 3.58. The minimum atomic E-state index is -0.282. The van der Waals surface area contributed by atoms with E-state index in [9.17, 15) is 0 Å². The number of nitrogens with one attached hydrogen (secondary N) is 1. The minimum Gasteiger partial charge on any atom is -0.409 e. The largest absolute Gasteiger partial charge is 0.409 e. The van der Waals surface area contributed by atoms with Crippen LogP contribution in [0.15, 0.2) is 29.4 Å². The van der Waals surface area contributed by atoms with Gasteiger partial charge in [-0.05, 0) is 44.0 Å². The first-order valence-corrected chi connectivity index (χ1v) is 7.21. The minimum absolute atomic E-state index is 0.251. The molecule has 1 aromatic rings. The van der Waals surface area contributed by atoms with Crippen LogP contribution in [-0.2, 0) is 0 Å². The van der Waals surface area contributed by atoms with Gasteiger partial charge in [0.25, 0.3) is 0 Å².